The Morgan fingerprint density at radius 1 is 1.64 bits per heavy atom. The molecule has 2 unspecified atom stereocenters. The van der Waals surface area contributed by atoms with E-state index in [-0.39, 0.29) is 13.2 Å². The Bertz CT molecular complexity index is 180. The summed E-state index contributed by atoms with van der Waals surface area (Å²) < 4.78 is 4.91. The molecule has 6 heteroatoms. The molecular weight excluding hydrogens is 150 g/mol. The van der Waals surface area contributed by atoms with Crippen molar-refractivity contribution >= 4 is 0 Å². The first-order valence-corrected chi connectivity index (χ1v) is 3.24. The highest BCUT2D eigenvalue weighted by atomic mass is 16.5. The van der Waals surface area contributed by atoms with Crippen LogP contribution in [-0.4, -0.2) is 41.7 Å². The molecule has 0 radical (unpaired) electrons. The standard InChI is InChI=1S/C5H9N3O3/c6-8-7-1-4-5(10)3(9)2-11-4/h3-5,9-10H,1-2H2/t3?,4?,5-/m1/s1. The van der Waals surface area contributed by atoms with Gasteiger partial charge in [0.05, 0.1) is 19.3 Å². The molecule has 2 N–H and O–H groups in total. The molecular formula is C5H9N3O3. The van der Waals surface area contributed by atoms with Crippen molar-refractivity contribution < 1.29 is 14.9 Å². The predicted molar refractivity (Wildman–Crippen MR) is 35.8 cm³/mol. The summed E-state index contributed by atoms with van der Waals surface area (Å²) in [6, 6.07) is 0. The molecule has 1 heterocycles. The monoisotopic (exact) mass is 159 g/mol. The second-order valence-corrected chi connectivity index (χ2v) is 2.34. The lowest BCUT2D eigenvalue weighted by Gasteiger charge is -2.10. The van der Waals surface area contributed by atoms with E-state index in [4.69, 9.17) is 20.5 Å². The fraction of sp³-hybridized carbons (Fsp3) is 1.00. The van der Waals surface area contributed by atoms with Crippen LogP contribution in [0, 0.1) is 0 Å². The minimum Gasteiger partial charge on any atom is -0.388 e. The maximum absolute atomic E-state index is 9.13. The van der Waals surface area contributed by atoms with Gasteiger partial charge in [0.25, 0.3) is 0 Å². The Hall–Kier alpha value is -0.810. The van der Waals surface area contributed by atoms with Gasteiger partial charge in [-0.2, -0.15) is 0 Å². The van der Waals surface area contributed by atoms with Gasteiger partial charge in [-0.1, -0.05) is 5.11 Å². The molecule has 1 aliphatic heterocycles. The van der Waals surface area contributed by atoms with E-state index in [0.717, 1.165) is 0 Å². The average molecular weight is 159 g/mol. The molecule has 0 bridgehead atoms. The Labute approximate surface area is 63.0 Å². The number of ether oxygens (including phenoxy) is 1. The van der Waals surface area contributed by atoms with Gasteiger partial charge in [0.1, 0.15) is 12.2 Å². The van der Waals surface area contributed by atoms with Crippen molar-refractivity contribution in [2.24, 2.45) is 5.11 Å². The molecule has 0 aromatic carbocycles. The number of rotatable bonds is 2. The minimum absolute atomic E-state index is 0.0642. The molecule has 1 saturated heterocycles. The lowest BCUT2D eigenvalue weighted by Crippen LogP contribution is -2.31. The summed E-state index contributed by atoms with van der Waals surface area (Å²) in [7, 11) is 0. The van der Waals surface area contributed by atoms with Gasteiger partial charge >= 0.3 is 0 Å². The Balaban J connectivity index is 2.41. The molecule has 1 aliphatic rings. The SMILES string of the molecule is [N-]=[N+]=NCC1OCC(O)[C@H]1O. The second-order valence-electron chi connectivity index (χ2n) is 2.34. The molecule has 6 nitrogen and oxygen atoms in total. The summed E-state index contributed by atoms with van der Waals surface area (Å²) in [6.45, 7) is 0.168. The van der Waals surface area contributed by atoms with Crippen LogP contribution >= 0.6 is 0 Å². The summed E-state index contributed by atoms with van der Waals surface area (Å²) in [5, 5.41) is 21.3. The van der Waals surface area contributed by atoms with Crippen LogP contribution in [0.2, 0.25) is 0 Å². The van der Waals surface area contributed by atoms with E-state index in [2.05, 4.69) is 10.0 Å². The van der Waals surface area contributed by atoms with Gasteiger partial charge in [0.15, 0.2) is 0 Å². The topological polar surface area (TPSA) is 98.5 Å². The van der Waals surface area contributed by atoms with Crippen LogP contribution in [0.5, 0.6) is 0 Å². The highest BCUT2D eigenvalue weighted by molar-refractivity contribution is 4.84. The third-order valence-electron chi connectivity index (χ3n) is 1.58. The smallest absolute Gasteiger partial charge is 0.108 e. The van der Waals surface area contributed by atoms with E-state index in [1.807, 2.05) is 0 Å². The van der Waals surface area contributed by atoms with Gasteiger partial charge in [-0.3, -0.25) is 0 Å². The fourth-order valence-corrected chi connectivity index (χ4v) is 0.945. The zero-order valence-electron chi connectivity index (χ0n) is 5.79. The van der Waals surface area contributed by atoms with E-state index < -0.39 is 18.3 Å². The highest BCUT2D eigenvalue weighted by Crippen LogP contribution is 2.14. The van der Waals surface area contributed by atoms with Gasteiger partial charge in [-0.25, -0.2) is 0 Å². The molecule has 1 rings (SSSR count). The quantitative estimate of drug-likeness (QED) is 0.320. The van der Waals surface area contributed by atoms with Crippen molar-refractivity contribution in [2.45, 2.75) is 18.3 Å². The largest absolute Gasteiger partial charge is 0.388 e. The zero-order chi connectivity index (χ0) is 8.27. The van der Waals surface area contributed by atoms with Crippen LogP contribution in [0.1, 0.15) is 0 Å². The molecule has 0 saturated carbocycles. The van der Waals surface area contributed by atoms with Crippen molar-refractivity contribution in [3.05, 3.63) is 10.4 Å². The normalized spacial score (nSPS) is 36.7. The van der Waals surface area contributed by atoms with Crippen LogP contribution in [0.15, 0.2) is 5.11 Å². The van der Waals surface area contributed by atoms with Crippen LogP contribution in [-0.2, 0) is 4.74 Å². The molecule has 0 amide bonds. The summed E-state index contributed by atoms with van der Waals surface area (Å²) in [6.07, 6.45) is -2.34. The van der Waals surface area contributed by atoms with Crippen LogP contribution < -0.4 is 0 Å². The van der Waals surface area contributed by atoms with Gasteiger partial charge < -0.3 is 14.9 Å². The van der Waals surface area contributed by atoms with Gasteiger partial charge in [-0.05, 0) is 5.53 Å². The van der Waals surface area contributed by atoms with Crippen molar-refractivity contribution in [1.82, 2.24) is 0 Å². The number of aliphatic hydroxyl groups is 2. The molecule has 0 spiro atoms. The molecule has 0 aromatic heterocycles. The number of hydrogen-bond acceptors (Lipinski definition) is 4. The minimum atomic E-state index is -0.930. The van der Waals surface area contributed by atoms with Crippen molar-refractivity contribution in [1.29, 1.82) is 0 Å². The molecule has 0 aromatic rings. The van der Waals surface area contributed by atoms with Crippen LogP contribution in [0.25, 0.3) is 10.4 Å². The predicted octanol–water partition coefficient (Wildman–Crippen LogP) is -0.583. The lowest BCUT2D eigenvalue weighted by atomic mass is 10.1. The highest BCUT2D eigenvalue weighted by Gasteiger charge is 2.33. The Kier molecular flexibility index (Phi) is 2.67. The summed E-state index contributed by atoms with van der Waals surface area (Å²) in [5.41, 5.74) is 7.94. The van der Waals surface area contributed by atoms with E-state index in [1.165, 1.54) is 0 Å². The third kappa shape index (κ3) is 1.81. The van der Waals surface area contributed by atoms with E-state index >= 15 is 0 Å². The second kappa shape index (κ2) is 3.54. The first-order valence-electron chi connectivity index (χ1n) is 3.24. The van der Waals surface area contributed by atoms with E-state index in [9.17, 15) is 0 Å². The van der Waals surface area contributed by atoms with Crippen LogP contribution in [0.3, 0.4) is 0 Å². The zero-order valence-corrected chi connectivity index (χ0v) is 5.79. The Morgan fingerprint density at radius 3 is 2.82 bits per heavy atom. The van der Waals surface area contributed by atoms with E-state index in [1.54, 1.807) is 0 Å². The number of azide groups is 1. The maximum Gasteiger partial charge on any atom is 0.108 e. The van der Waals surface area contributed by atoms with Crippen molar-refractivity contribution in [2.75, 3.05) is 13.2 Å². The summed E-state index contributed by atoms with van der Waals surface area (Å²) in [5.74, 6) is 0. The molecule has 1 fully saturated rings. The van der Waals surface area contributed by atoms with E-state index in [0.29, 0.717) is 0 Å². The molecule has 11 heavy (non-hydrogen) atoms. The summed E-state index contributed by atoms with van der Waals surface area (Å²) in [4.78, 5) is 2.51. The van der Waals surface area contributed by atoms with Crippen molar-refractivity contribution in [3.63, 3.8) is 0 Å². The maximum atomic E-state index is 9.13. The average Bonchev–Trinajstić information content (AvgIpc) is 2.31. The summed E-state index contributed by atoms with van der Waals surface area (Å²) >= 11 is 0. The molecule has 3 atom stereocenters. The van der Waals surface area contributed by atoms with Crippen molar-refractivity contribution in [3.8, 4) is 0 Å². The number of hydrogen-bond donors (Lipinski definition) is 2. The first-order chi connectivity index (χ1) is 5.25. The fourth-order valence-electron chi connectivity index (χ4n) is 0.945. The Morgan fingerprint density at radius 2 is 2.36 bits per heavy atom. The number of nitrogens with zero attached hydrogens (tertiary/aromatic N) is 3. The van der Waals surface area contributed by atoms with Crippen LogP contribution in [0.4, 0.5) is 0 Å². The lowest BCUT2D eigenvalue weighted by molar-refractivity contribution is 0.0276. The molecule has 0 aliphatic carbocycles. The molecule has 62 valence electrons. The number of aliphatic hydroxyl groups excluding tert-OH is 2. The van der Waals surface area contributed by atoms with Gasteiger partial charge in [0, 0.05) is 4.91 Å². The third-order valence-corrected chi connectivity index (χ3v) is 1.58. The van der Waals surface area contributed by atoms with Gasteiger partial charge in [0.2, 0.25) is 0 Å². The first kappa shape index (κ1) is 8.29. The van der Waals surface area contributed by atoms with Gasteiger partial charge in [-0.15, -0.1) is 0 Å².